The van der Waals surface area contributed by atoms with Crippen LogP contribution in [0.1, 0.15) is 44.9 Å². The predicted octanol–water partition coefficient (Wildman–Crippen LogP) is 2.63. The summed E-state index contributed by atoms with van der Waals surface area (Å²) in [6, 6.07) is 0.934. The molecule has 118 valence electrons. The molecule has 1 aliphatic rings. The van der Waals surface area contributed by atoms with Crippen molar-refractivity contribution in [1.29, 1.82) is 0 Å². The van der Waals surface area contributed by atoms with Crippen molar-refractivity contribution in [2.75, 3.05) is 5.73 Å². The summed E-state index contributed by atoms with van der Waals surface area (Å²) in [5.41, 5.74) is 5.15. The van der Waals surface area contributed by atoms with Gasteiger partial charge >= 0.3 is 5.69 Å². The Hall–Kier alpha value is -1.19. The van der Waals surface area contributed by atoms with E-state index in [4.69, 9.17) is 5.73 Å². The maximum absolute atomic E-state index is 12.3. The van der Waals surface area contributed by atoms with E-state index in [2.05, 4.69) is 4.72 Å². The van der Waals surface area contributed by atoms with Crippen LogP contribution in [-0.2, 0) is 10.0 Å². The first-order valence-electron chi connectivity index (χ1n) is 6.96. The van der Waals surface area contributed by atoms with E-state index < -0.39 is 14.9 Å². The molecule has 0 aliphatic heterocycles. The Morgan fingerprint density at radius 2 is 1.81 bits per heavy atom. The average Bonchev–Trinajstić information content (AvgIpc) is 2.75. The van der Waals surface area contributed by atoms with E-state index in [1.54, 1.807) is 0 Å². The van der Waals surface area contributed by atoms with Crippen LogP contribution in [0.3, 0.4) is 0 Å². The summed E-state index contributed by atoms with van der Waals surface area (Å²) >= 11 is 0.733. The number of hydrogen-bond donors (Lipinski definition) is 2. The molecule has 1 aromatic rings. The molecule has 21 heavy (non-hydrogen) atoms. The minimum absolute atomic E-state index is 0.0851. The minimum Gasteiger partial charge on any atom is -0.385 e. The van der Waals surface area contributed by atoms with Crippen molar-refractivity contribution in [2.24, 2.45) is 0 Å². The van der Waals surface area contributed by atoms with Crippen molar-refractivity contribution in [3.63, 3.8) is 0 Å². The number of nitrogens with one attached hydrogen (secondary N) is 1. The number of rotatable bonds is 4. The molecule has 3 N–H and O–H groups in total. The molecule has 0 amide bonds. The van der Waals surface area contributed by atoms with E-state index in [1.807, 2.05) is 0 Å². The molecule has 0 radical (unpaired) electrons. The highest BCUT2D eigenvalue weighted by Crippen LogP contribution is 2.34. The molecule has 1 aliphatic carbocycles. The third kappa shape index (κ3) is 4.14. The molecule has 2 rings (SSSR count). The number of nitro groups is 1. The smallest absolute Gasteiger partial charge is 0.304 e. The molecular weight excluding hydrogens is 314 g/mol. The maximum atomic E-state index is 12.3. The van der Waals surface area contributed by atoms with E-state index >= 15 is 0 Å². The number of sulfonamides is 1. The van der Waals surface area contributed by atoms with Crippen LogP contribution in [0.2, 0.25) is 0 Å². The molecule has 0 bridgehead atoms. The highest BCUT2D eigenvalue weighted by Gasteiger charge is 2.27. The first-order chi connectivity index (χ1) is 9.90. The van der Waals surface area contributed by atoms with Gasteiger partial charge in [-0.15, -0.1) is 0 Å². The summed E-state index contributed by atoms with van der Waals surface area (Å²) in [6.07, 6.45) is 7.06. The van der Waals surface area contributed by atoms with E-state index in [0.717, 1.165) is 55.9 Å². The van der Waals surface area contributed by atoms with Crippen LogP contribution in [0.15, 0.2) is 10.3 Å². The van der Waals surface area contributed by atoms with Crippen LogP contribution in [0.25, 0.3) is 0 Å². The average molecular weight is 333 g/mol. The SMILES string of the molecule is Nc1sc(S(=O)(=O)NC2CCCCCCC2)cc1[N+](=O)[O-]. The standard InChI is InChI=1S/C12H19N3O4S2/c13-12-10(15(16)17)8-11(20-12)21(18,19)14-9-6-4-2-1-3-5-7-9/h8-9,14H,1-7,13H2. The Kier molecular flexibility index (Phi) is 5.17. The summed E-state index contributed by atoms with van der Waals surface area (Å²) in [5, 5.41) is 10.7. The first kappa shape index (κ1) is 16.2. The lowest BCUT2D eigenvalue weighted by Gasteiger charge is -2.20. The van der Waals surface area contributed by atoms with Gasteiger partial charge in [0.1, 0.15) is 4.21 Å². The van der Waals surface area contributed by atoms with Crippen LogP contribution >= 0.6 is 11.3 Å². The van der Waals surface area contributed by atoms with Crippen LogP contribution in [0, 0.1) is 10.1 Å². The Morgan fingerprint density at radius 3 is 2.33 bits per heavy atom. The largest absolute Gasteiger partial charge is 0.385 e. The van der Waals surface area contributed by atoms with Gasteiger partial charge in [0.25, 0.3) is 10.0 Å². The summed E-state index contributed by atoms with van der Waals surface area (Å²) < 4.78 is 27.2. The van der Waals surface area contributed by atoms with Crippen LogP contribution in [-0.4, -0.2) is 19.4 Å². The van der Waals surface area contributed by atoms with Gasteiger partial charge in [0.15, 0.2) is 5.00 Å². The first-order valence-corrected chi connectivity index (χ1v) is 9.26. The minimum atomic E-state index is -3.74. The van der Waals surface area contributed by atoms with Crippen molar-refractivity contribution in [2.45, 2.75) is 55.2 Å². The Bertz CT molecular complexity index is 604. The van der Waals surface area contributed by atoms with Gasteiger partial charge in [-0.1, -0.05) is 43.4 Å². The lowest BCUT2D eigenvalue weighted by Crippen LogP contribution is -2.34. The maximum Gasteiger partial charge on any atom is 0.304 e. The molecule has 0 aromatic carbocycles. The fraction of sp³-hybridized carbons (Fsp3) is 0.667. The van der Waals surface area contributed by atoms with Crippen LogP contribution in [0.5, 0.6) is 0 Å². The third-order valence-electron chi connectivity index (χ3n) is 3.61. The van der Waals surface area contributed by atoms with Gasteiger partial charge in [-0.3, -0.25) is 10.1 Å². The van der Waals surface area contributed by atoms with Crippen molar-refractivity contribution in [3.05, 3.63) is 16.2 Å². The lowest BCUT2D eigenvalue weighted by molar-refractivity contribution is -0.383. The highest BCUT2D eigenvalue weighted by molar-refractivity contribution is 7.91. The van der Waals surface area contributed by atoms with Gasteiger partial charge in [0, 0.05) is 12.1 Å². The molecule has 9 heteroatoms. The normalized spacial score (nSPS) is 18.1. The molecule has 1 fully saturated rings. The van der Waals surface area contributed by atoms with Gasteiger partial charge in [-0.05, 0) is 12.8 Å². The molecule has 1 saturated carbocycles. The third-order valence-corrected chi connectivity index (χ3v) is 6.55. The molecule has 0 atom stereocenters. The molecular formula is C12H19N3O4S2. The van der Waals surface area contributed by atoms with E-state index in [9.17, 15) is 18.5 Å². The second-order valence-corrected chi connectivity index (χ2v) is 8.26. The zero-order valence-corrected chi connectivity index (χ0v) is 13.2. The fourth-order valence-corrected chi connectivity index (χ4v) is 5.03. The van der Waals surface area contributed by atoms with Crippen LogP contribution < -0.4 is 10.5 Å². The quantitative estimate of drug-likeness (QED) is 0.649. The Labute approximate surface area is 127 Å². The predicted molar refractivity (Wildman–Crippen MR) is 81.8 cm³/mol. The summed E-state index contributed by atoms with van der Waals surface area (Å²) in [5.74, 6) is 0. The van der Waals surface area contributed by atoms with Gasteiger partial charge in [-0.25, -0.2) is 13.1 Å². The number of nitrogen functional groups attached to an aromatic ring is 1. The molecule has 0 saturated heterocycles. The zero-order chi connectivity index (χ0) is 15.5. The molecule has 0 unspecified atom stereocenters. The summed E-state index contributed by atoms with van der Waals surface area (Å²) in [7, 11) is -3.74. The van der Waals surface area contributed by atoms with Crippen molar-refractivity contribution >= 4 is 32.0 Å². The Balaban J connectivity index is 2.13. The number of hydrogen-bond acceptors (Lipinski definition) is 6. The van der Waals surface area contributed by atoms with Crippen molar-refractivity contribution in [1.82, 2.24) is 4.72 Å². The number of anilines is 1. The zero-order valence-electron chi connectivity index (χ0n) is 11.6. The highest BCUT2D eigenvalue weighted by atomic mass is 32.2. The molecule has 7 nitrogen and oxygen atoms in total. The van der Waals surface area contributed by atoms with E-state index in [1.165, 1.54) is 6.42 Å². The van der Waals surface area contributed by atoms with Crippen molar-refractivity contribution in [3.8, 4) is 0 Å². The van der Waals surface area contributed by atoms with E-state index in [-0.39, 0.29) is 20.9 Å². The fourth-order valence-electron chi connectivity index (χ4n) is 2.50. The Morgan fingerprint density at radius 1 is 1.24 bits per heavy atom. The molecule has 1 aromatic heterocycles. The number of nitrogens with two attached hydrogens (primary N) is 1. The van der Waals surface area contributed by atoms with Gasteiger partial charge in [0.05, 0.1) is 4.92 Å². The van der Waals surface area contributed by atoms with Gasteiger partial charge < -0.3 is 5.73 Å². The second kappa shape index (κ2) is 6.71. The van der Waals surface area contributed by atoms with Crippen molar-refractivity contribution < 1.29 is 13.3 Å². The lowest BCUT2D eigenvalue weighted by atomic mass is 9.97. The monoisotopic (exact) mass is 333 g/mol. The number of thiophene rings is 1. The molecule has 1 heterocycles. The second-order valence-electron chi connectivity index (χ2n) is 5.24. The van der Waals surface area contributed by atoms with E-state index in [0.29, 0.717) is 0 Å². The topological polar surface area (TPSA) is 115 Å². The van der Waals surface area contributed by atoms with Gasteiger partial charge in [0.2, 0.25) is 0 Å². The summed E-state index contributed by atoms with van der Waals surface area (Å²) in [4.78, 5) is 10.1. The van der Waals surface area contributed by atoms with Crippen LogP contribution in [0.4, 0.5) is 10.7 Å². The summed E-state index contributed by atoms with van der Waals surface area (Å²) in [6.45, 7) is 0. The molecule has 0 spiro atoms. The van der Waals surface area contributed by atoms with Gasteiger partial charge in [-0.2, -0.15) is 0 Å². The number of nitrogens with zero attached hydrogens (tertiary/aromatic N) is 1.